The van der Waals surface area contributed by atoms with Gasteiger partial charge < -0.3 is 4.74 Å². The van der Waals surface area contributed by atoms with E-state index in [-0.39, 0.29) is 0 Å². The van der Waals surface area contributed by atoms with Gasteiger partial charge in [0.2, 0.25) is 0 Å². The lowest BCUT2D eigenvalue weighted by molar-refractivity contribution is -0.143. The van der Waals surface area contributed by atoms with Crippen molar-refractivity contribution in [1.82, 2.24) is 0 Å². The summed E-state index contributed by atoms with van der Waals surface area (Å²) in [6, 6.07) is 1.98. The minimum Gasteiger partial charge on any atom is -0.468 e. The summed E-state index contributed by atoms with van der Waals surface area (Å²) < 4.78 is 4.56. The van der Waals surface area contributed by atoms with Gasteiger partial charge in [-0.05, 0) is 32.1 Å². The first-order valence-corrected chi connectivity index (χ1v) is 4.93. The van der Waals surface area contributed by atoms with Crippen molar-refractivity contribution in [3.63, 3.8) is 0 Å². The summed E-state index contributed by atoms with van der Waals surface area (Å²) in [5.41, 5.74) is 1.23. The molecule has 0 spiro atoms. The van der Waals surface area contributed by atoms with Gasteiger partial charge in [0.05, 0.1) is 13.2 Å². The number of rotatable bonds is 3. The van der Waals surface area contributed by atoms with Crippen LogP contribution in [0.2, 0.25) is 0 Å². The molecule has 14 heavy (non-hydrogen) atoms. The second-order valence-electron chi connectivity index (χ2n) is 3.52. The molecular formula is C11H15NO2. The smallest absolute Gasteiger partial charge is 0.323 e. The number of carbonyl (C=O) groups is 1. The first kappa shape index (κ1) is 10.8. The monoisotopic (exact) mass is 193 g/mol. The van der Waals surface area contributed by atoms with Crippen molar-refractivity contribution in [2.75, 3.05) is 7.11 Å². The summed E-state index contributed by atoms with van der Waals surface area (Å²) in [5, 5.41) is 8.78. The van der Waals surface area contributed by atoms with Gasteiger partial charge in [0.1, 0.15) is 5.92 Å². The third kappa shape index (κ3) is 2.88. The minimum absolute atomic E-state index is 0.418. The van der Waals surface area contributed by atoms with Gasteiger partial charge in [-0.1, -0.05) is 11.6 Å². The maximum absolute atomic E-state index is 11.1. The van der Waals surface area contributed by atoms with Crippen molar-refractivity contribution in [3.8, 4) is 6.07 Å². The fourth-order valence-corrected chi connectivity index (χ4v) is 1.68. The average Bonchev–Trinajstić information content (AvgIpc) is 2.26. The predicted molar refractivity (Wildman–Crippen MR) is 52.3 cm³/mol. The van der Waals surface area contributed by atoms with E-state index in [1.165, 1.54) is 25.5 Å². The molecule has 0 radical (unpaired) electrons. The molecule has 3 heteroatoms. The van der Waals surface area contributed by atoms with Gasteiger partial charge in [0.25, 0.3) is 0 Å². The van der Waals surface area contributed by atoms with E-state index in [4.69, 9.17) is 5.26 Å². The lowest BCUT2D eigenvalue weighted by Crippen LogP contribution is -2.15. The Morgan fingerprint density at radius 3 is 3.00 bits per heavy atom. The molecule has 0 aromatic rings. The van der Waals surface area contributed by atoms with Gasteiger partial charge in [-0.3, -0.25) is 4.79 Å². The van der Waals surface area contributed by atoms with Crippen LogP contribution in [-0.4, -0.2) is 13.1 Å². The molecule has 0 saturated heterocycles. The zero-order chi connectivity index (χ0) is 10.4. The number of esters is 1. The van der Waals surface area contributed by atoms with E-state index in [1.807, 2.05) is 6.07 Å². The van der Waals surface area contributed by atoms with Gasteiger partial charge >= 0.3 is 5.97 Å². The summed E-state index contributed by atoms with van der Waals surface area (Å²) >= 11 is 0. The number of nitriles is 1. The lowest BCUT2D eigenvalue weighted by atomic mass is 9.92. The van der Waals surface area contributed by atoms with Crippen LogP contribution in [0.3, 0.4) is 0 Å². The standard InChI is InChI=1S/C11H15NO2/c1-14-11(13)10(8-12)7-9-5-3-2-4-6-9/h5,10H,2-4,6-7H2,1H3. The molecule has 1 aliphatic rings. The quantitative estimate of drug-likeness (QED) is 0.510. The summed E-state index contributed by atoms with van der Waals surface area (Å²) in [6.45, 7) is 0. The highest BCUT2D eigenvalue weighted by atomic mass is 16.5. The van der Waals surface area contributed by atoms with Crippen LogP contribution in [-0.2, 0) is 9.53 Å². The van der Waals surface area contributed by atoms with E-state index in [9.17, 15) is 4.79 Å². The van der Waals surface area contributed by atoms with E-state index in [0.29, 0.717) is 6.42 Å². The molecule has 1 unspecified atom stereocenters. The molecule has 0 aromatic heterocycles. The number of methoxy groups -OCH3 is 1. The van der Waals surface area contributed by atoms with Crippen LogP contribution in [0.5, 0.6) is 0 Å². The normalized spacial score (nSPS) is 17.9. The number of carbonyl (C=O) groups excluding carboxylic acids is 1. The van der Waals surface area contributed by atoms with Gasteiger partial charge in [-0.2, -0.15) is 5.26 Å². The Kier molecular flexibility index (Phi) is 4.18. The lowest BCUT2D eigenvalue weighted by Gasteiger charge is -2.14. The van der Waals surface area contributed by atoms with E-state index < -0.39 is 11.9 Å². The molecule has 1 aliphatic carbocycles. The molecule has 0 heterocycles. The molecule has 0 N–H and O–H groups in total. The van der Waals surface area contributed by atoms with E-state index in [1.54, 1.807) is 0 Å². The second kappa shape index (κ2) is 5.43. The Morgan fingerprint density at radius 2 is 2.50 bits per heavy atom. The fraction of sp³-hybridized carbons (Fsp3) is 0.636. The Morgan fingerprint density at radius 1 is 1.71 bits per heavy atom. The van der Waals surface area contributed by atoms with Crippen molar-refractivity contribution < 1.29 is 9.53 Å². The maximum atomic E-state index is 11.1. The minimum atomic E-state index is -0.621. The Hall–Kier alpha value is -1.30. The topological polar surface area (TPSA) is 50.1 Å². The summed E-state index contributed by atoms with van der Waals surface area (Å²) in [7, 11) is 1.32. The molecule has 3 nitrogen and oxygen atoms in total. The van der Waals surface area contributed by atoms with Gasteiger partial charge in [0.15, 0.2) is 0 Å². The zero-order valence-corrected chi connectivity index (χ0v) is 8.45. The summed E-state index contributed by atoms with van der Waals surface area (Å²) in [5.74, 6) is -1.04. The van der Waals surface area contributed by atoms with Crippen molar-refractivity contribution in [1.29, 1.82) is 5.26 Å². The van der Waals surface area contributed by atoms with Crippen molar-refractivity contribution in [3.05, 3.63) is 11.6 Å². The fourth-order valence-electron chi connectivity index (χ4n) is 1.68. The van der Waals surface area contributed by atoms with Crippen LogP contribution >= 0.6 is 0 Å². The molecule has 1 rings (SSSR count). The van der Waals surface area contributed by atoms with Gasteiger partial charge in [-0.15, -0.1) is 0 Å². The van der Waals surface area contributed by atoms with E-state index in [0.717, 1.165) is 12.8 Å². The average molecular weight is 193 g/mol. The van der Waals surface area contributed by atoms with Crippen LogP contribution in [0.25, 0.3) is 0 Å². The Labute approximate surface area is 84.4 Å². The zero-order valence-electron chi connectivity index (χ0n) is 8.45. The van der Waals surface area contributed by atoms with Crippen LogP contribution < -0.4 is 0 Å². The Bertz CT molecular complexity index is 276. The second-order valence-corrected chi connectivity index (χ2v) is 3.52. The largest absolute Gasteiger partial charge is 0.468 e. The Balaban J connectivity index is 2.52. The first-order chi connectivity index (χ1) is 6.77. The highest BCUT2D eigenvalue weighted by molar-refractivity contribution is 5.75. The van der Waals surface area contributed by atoms with E-state index in [2.05, 4.69) is 10.8 Å². The van der Waals surface area contributed by atoms with Crippen LogP contribution in [0, 0.1) is 17.2 Å². The number of ether oxygens (including phenoxy) is 1. The van der Waals surface area contributed by atoms with Gasteiger partial charge in [-0.25, -0.2) is 0 Å². The number of allylic oxidation sites excluding steroid dienone is 2. The number of hydrogen-bond acceptors (Lipinski definition) is 3. The maximum Gasteiger partial charge on any atom is 0.323 e. The molecule has 0 saturated carbocycles. The van der Waals surface area contributed by atoms with E-state index >= 15 is 0 Å². The van der Waals surface area contributed by atoms with Crippen molar-refractivity contribution in [2.24, 2.45) is 5.92 Å². The van der Waals surface area contributed by atoms with Gasteiger partial charge in [0, 0.05) is 0 Å². The molecule has 76 valence electrons. The molecule has 1 atom stereocenters. The molecule has 0 amide bonds. The van der Waals surface area contributed by atoms with Crippen molar-refractivity contribution >= 4 is 5.97 Å². The van der Waals surface area contributed by atoms with Crippen LogP contribution in [0.15, 0.2) is 11.6 Å². The highest BCUT2D eigenvalue weighted by Crippen LogP contribution is 2.23. The third-order valence-electron chi connectivity index (χ3n) is 2.49. The molecule has 0 aliphatic heterocycles. The molecular weight excluding hydrogens is 178 g/mol. The first-order valence-electron chi connectivity index (χ1n) is 4.93. The SMILES string of the molecule is COC(=O)C(C#N)CC1=CCCCC1. The third-order valence-corrected chi connectivity index (χ3v) is 2.49. The molecule has 0 bridgehead atoms. The van der Waals surface area contributed by atoms with Crippen LogP contribution in [0.1, 0.15) is 32.1 Å². The van der Waals surface area contributed by atoms with Crippen LogP contribution in [0.4, 0.5) is 0 Å². The predicted octanol–water partition coefficient (Wildman–Crippen LogP) is 2.19. The molecule has 0 fully saturated rings. The number of hydrogen-bond donors (Lipinski definition) is 0. The highest BCUT2D eigenvalue weighted by Gasteiger charge is 2.20. The number of nitrogens with zero attached hydrogens (tertiary/aromatic N) is 1. The summed E-state index contributed by atoms with van der Waals surface area (Å²) in [4.78, 5) is 11.1. The molecule has 0 aromatic carbocycles. The summed E-state index contributed by atoms with van der Waals surface area (Å²) in [6.07, 6.45) is 7.19. The van der Waals surface area contributed by atoms with Crippen molar-refractivity contribution in [2.45, 2.75) is 32.1 Å².